The van der Waals surface area contributed by atoms with E-state index in [1.807, 2.05) is 37.3 Å². The van der Waals surface area contributed by atoms with E-state index in [4.69, 9.17) is 9.15 Å². The second kappa shape index (κ2) is 7.79. The molecule has 1 aromatic heterocycles. The molecule has 3 aromatic rings. The number of methoxy groups -OCH3 is 1. The Morgan fingerprint density at radius 2 is 1.83 bits per heavy atom. The number of benzene rings is 2. The molecule has 6 heteroatoms. The fourth-order valence-corrected chi connectivity index (χ4v) is 3.87. The Labute approximate surface area is 171 Å². The van der Waals surface area contributed by atoms with Crippen molar-refractivity contribution >= 4 is 28.3 Å². The molecule has 0 spiro atoms. The van der Waals surface area contributed by atoms with Crippen LogP contribution >= 0.6 is 0 Å². The summed E-state index contributed by atoms with van der Waals surface area (Å²) in [6.45, 7) is 8.14. The van der Waals surface area contributed by atoms with Crippen LogP contribution in [0.15, 0.2) is 40.8 Å². The molecule has 0 radical (unpaired) electrons. The van der Waals surface area contributed by atoms with Crippen molar-refractivity contribution in [1.29, 1.82) is 0 Å². The molecule has 1 aliphatic heterocycles. The minimum Gasteiger partial charge on any atom is -0.497 e. The number of nitrogens with zero attached hydrogens (tertiary/aromatic N) is 2. The lowest BCUT2D eigenvalue weighted by Gasteiger charge is -2.35. The predicted molar refractivity (Wildman–Crippen MR) is 116 cm³/mol. The van der Waals surface area contributed by atoms with Crippen LogP contribution in [0.5, 0.6) is 5.75 Å². The number of fused-ring (bicyclic) bond motifs is 1. The maximum absolute atomic E-state index is 12.8. The molecule has 6 nitrogen and oxygen atoms in total. The van der Waals surface area contributed by atoms with Gasteiger partial charge in [-0.3, -0.25) is 4.79 Å². The highest BCUT2D eigenvalue weighted by Crippen LogP contribution is 2.30. The van der Waals surface area contributed by atoms with Gasteiger partial charge in [-0.2, -0.15) is 0 Å². The van der Waals surface area contributed by atoms with Crippen molar-refractivity contribution in [3.8, 4) is 5.75 Å². The van der Waals surface area contributed by atoms with E-state index in [9.17, 15) is 4.79 Å². The first-order chi connectivity index (χ1) is 14.0. The molecule has 0 bridgehead atoms. The van der Waals surface area contributed by atoms with Crippen molar-refractivity contribution in [2.45, 2.75) is 13.8 Å². The number of hydrogen-bond acceptors (Lipinski definition) is 5. The molecule has 1 saturated heterocycles. The van der Waals surface area contributed by atoms with Crippen molar-refractivity contribution in [1.82, 2.24) is 4.90 Å². The van der Waals surface area contributed by atoms with Gasteiger partial charge >= 0.3 is 0 Å². The Morgan fingerprint density at radius 1 is 1.07 bits per heavy atom. The normalized spacial score (nSPS) is 15.0. The number of nitrogens with one attached hydrogen (secondary N) is 1. The van der Waals surface area contributed by atoms with E-state index in [2.05, 4.69) is 35.2 Å². The van der Waals surface area contributed by atoms with Gasteiger partial charge in [0.2, 0.25) is 0 Å². The zero-order valence-electron chi connectivity index (χ0n) is 17.4. The van der Waals surface area contributed by atoms with E-state index in [-0.39, 0.29) is 5.91 Å². The van der Waals surface area contributed by atoms with Crippen LogP contribution in [-0.4, -0.2) is 51.1 Å². The molecule has 4 rings (SSSR count). The van der Waals surface area contributed by atoms with E-state index in [0.29, 0.717) is 11.3 Å². The second-order valence-electron chi connectivity index (χ2n) is 7.66. The van der Waals surface area contributed by atoms with Gasteiger partial charge in [-0.15, -0.1) is 0 Å². The van der Waals surface area contributed by atoms with Crippen molar-refractivity contribution in [2.75, 3.05) is 50.6 Å². The van der Waals surface area contributed by atoms with Crippen molar-refractivity contribution < 1.29 is 13.9 Å². The number of ether oxygens (including phenoxy) is 1. The molecule has 2 aromatic carbocycles. The lowest BCUT2D eigenvalue weighted by molar-refractivity contribution is 0.0998. The number of aryl methyl sites for hydroxylation is 2. The fraction of sp³-hybridized carbons (Fsp3) is 0.348. The summed E-state index contributed by atoms with van der Waals surface area (Å²) in [4.78, 5) is 17.6. The van der Waals surface area contributed by atoms with Gasteiger partial charge in [0, 0.05) is 48.5 Å². The van der Waals surface area contributed by atoms with Gasteiger partial charge in [0.05, 0.1) is 7.11 Å². The molecule has 0 atom stereocenters. The van der Waals surface area contributed by atoms with E-state index in [1.165, 1.54) is 5.69 Å². The third kappa shape index (κ3) is 3.80. The monoisotopic (exact) mass is 393 g/mol. The summed E-state index contributed by atoms with van der Waals surface area (Å²) in [6, 6.07) is 11.6. The van der Waals surface area contributed by atoms with Crippen LogP contribution in [0.2, 0.25) is 0 Å². The van der Waals surface area contributed by atoms with Gasteiger partial charge in [-0.1, -0.05) is 0 Å². The highest BCUT2D eigenvalue weighted by atomic mass is 16.5. The average molecular weight is 393 g/mol. The van der Waals surface area contributed by atoms with Crippen LogP contribution in [0.4, 0.5) is 11.4 Å². The summed E-state index contributed by atoms with van der Waals surface area (Å²) in [7, 11) is 3.78. The van der Waals surface area contributed by atoms with Gasteiger partial charge in [0.25, 0.3) is 5.91 Å². The van der Waals surface area contributed by atoms with E-state index in [1.54, 1.807) is 7.11 Å². The minimum absolute atomic E-state index is 0.246. The number of hydrogen-bond donors (Lipinski definition) is 1. The third-order valence-electron chi connectivity index (χ3n) is 5.65. The van der Waals surface area contributed by atoms with Crippen molar-refractivity contribution in [3.05, 3.63) is 53.3 Å². The van der Waals surface area contributed by atoms with Gasteiger partial charge in [0.15, 0.2) is 5.76 Å². The number of likely N-dealkylation sites (N-methyl/N-ethyl adjacent to an activating group) is 1. The molecular formula is C23H27N3O3. The first-order valence-electron chi connectivity index (χ1n) is 9.89. The van der Waals surface area contributed by atoms with Gasteiger partial charge in [-0.25, -0.2) is 0 Å². The van der Waals surface area contributed by atoms with E-state index in [0.717, 1.165) is 54.1 Å². The summed E-state index contributed by atoms with van der Waals surface area (Å²) >= 11 is 0. The van der Waals surface area contributed by atoms with Crippen LogP contribution in [0.3, 0.4) is 0 Å². The molecule has 0 unspecified atom stereocenters. The second-order valence-corrected chi connectivity index (χ2v) is 7.66. The summed E-state index contributed by atoms with van der Waals surface area (Å²) in [5.74, 6) is 0.821. The maximum atomic E-state index is 12.8. The Bertz CT molecular complexity index is 1050. The third-order valence-corrected chi connectivity index (χ3v) is 5.65. The van der Waals surface area contributed by atoms with Crippen molar-refractivity contribution in [3.63, 3.8) is 0 Å². The molecule has 1 N–H and O–H groups in total. The first-order valence-corrected chi connectivity index (χ1v) is 9.89. The number of carbonyl (C=O) groups excluding carboxylic acids is 1. The van der Waals surface area contributed by atoms with Crippen LogP contribution in [0.1, 0.15) is 21.7 Å². The number of piperazine rings is 1. The van der Waals surface area contributed by atoms with Crippen molar-refractivity contribution in [2.24, 2.45) is 0 Å². The zero-order valence-corrected chi connectivity index (χ0v) is 17.4. The summed E-state index contributed by atoms with van der Waals surface area (Å²) in [5.41, 5.74) is 4.63. The number of rotatable bonds is 4. The minimum atomic E-state index is -0.246. The lowest BCUT2D eigenvalue weighted by atomic mass is 10.1. The molecule has 1 fully saturated rings. The topological polar surface area (TPSA) is 58.0 Å². The summed E-state index contributed by atoms with van der Waals surface area (Å²) in [6.07, 6.45) is 0. The van der Waals surface area contributed by atoms with Gasteiger partial charge in [0.1, 0.15) is 11.3 Å². The lowest BCUT2D eigenvalue weighted by Crippen LogP contribution is -2.44. The molecule has 152 valence electrons. The highest BCUT2D eigenvalue weighted by Gasteiger charge is 2.20. The maximum Gasteiger partial charge on any atom is 0.291 e. The highest BCUT2D eigenvalue weighted by molar-refractivity contribution is 6.06. The largest absolute Gasteiger partial charge is 0.497 e. The summed E-state index contributed by atoms with van der Waals surface area (Å²) in [5, 5.41) is 3.86. The first kappa shape index (κ1) is 19.3. The molecule has 1 aliphatic rings. The molecule has 0 saturated carbocycles. The standard InChI is InChI=1S/C23H27N3O3/c1-15-13-17(5-7-20(15)26-11-9-25(3)10-12-26)24-23(27)22-16(2)19-14-18(28-4)6-8-21(19)29-22/h5-8,13-14H,9-12H2,1-4H3,(H,24,27). The Kier molecular flexibility index (Phi) is 5.20. The molecular weight excluding hydrogens is 366 g/mol. The number of carbonyl (C=O) groups is 1. The SMILES string of the molecule is COc1ccc2oc(C(=O)Nc3ccc(N4CCN(C)CC4)c(C)c3)c(C)c2c1. The molecule has 0 aliphatic carbocycles. The molecule has 2 heterocycles. The zero-order chi connectivity index (χ0) is 20.5. The number of amides is 1. The number of furan rings is 1. The van der Waals surface area contributed by atoms with Crippen LogP contribution in [-0.2, 0) is 0 Å². The summed E-state index contributed by atoms with van der Waals surface area (Å²) < 4.78 is 11.1. The molecule has 29 heavy (non-hydrogen) atoms. The smallest absolute Gasteiger partial charge is 0.291 e. The van der Waals surface area contributed by atoms with Crippen LogP contribution in [0, 0.1) is 13.8 Å². The van der Waals surface area contributed by atoms with Gasteiger partial charge in [-0.05, 0) is 62.9 Å². The quantitative estimate of drug-likeness (QED) is 0.724. The van der Waals surface area contributed by atoms with Crippen LogP contribution < -0.4 is 15.0 Å². The van der Waals surface area contributed by atoms with E-state index < -0.39 is 0 Å². The van der Waals surface area contributed by atoms with Crippen LogP contribution in [0.25, 0.3) is 11.0 Å². The fourth-order valence-electron chi connectivity index (χ4n) is 3.87. The van der Waals surface area contributed by atoms with Gasteiger partial charge < -0.3 is 24.3 Å². The average Bonchev–Trinajstić information content (AvgIpc) is 3.05. The Morgan fingerprint density at radius 3 is 2.52 bits per heavy atom. The van der Waals surface area contributed by atoms with E-state index >= 15 is 0 Å². The number of anilines is 2. The molecule has 1 amide bonds. The predicted octanol–water partition coefficient (Wildman–Crippen LogP) is 4.06. The Balaban J connectivity index is 1.53. The Hall–Kier alpha value is -2.99.